The van der Waals surface area contributed by atoms with Crippen LogP contribution < -0.4 is 0 Å². The number of hydrogen-bond acceptors (Lipinski definition) is 5. The lowest BCUT2D eigenvalue weighted by atomic mass is 9.49. The van der Waals surface area contributed by atoms with E-state index >= 15 is 8.78 Å². The number of allylic oxidation sites excluding steroid dienone is 1. The van der Waals surface area contributed by atoms with Crippen LogP contribution in [0.3, 0.4) is 0 Å². The zero-order valence-corrected chi connectivity index (χ0v) is 23.3. The van der Waals surface area contributed by atoms with Gasteiger partial charge in [-0.3, -0.25) is 0 Å². The molecule has 42 heavy (non-hydrogen) atoms. The molecule has 1 aliphatic heterocycles. The Balaban J connectivity index is 1.36. The quantitative estimate of drug-likeness (QED) is 0.333. The molecule has 5 aliphatic rings. The van der Waals surface area contributed by atoms with Crippen LogP contribution in [0.15, 0.2) is 54.1 Å². The molecule has 1 spiro atoms. The smallest absolute Gasteiger partial charge is 0.385 e. The summed E-state index contributed by atoms with van der Waals surface area (Å²) in [6.45, 7) is 2.32. The van der Waals surface area contributed by atoms with Crippen LogP contribution in [0.25, 0.3) is 5.69 Å². The summed E-state index contributed by atoms with van der Waals surface area (Å²) >= 11 is 0. The number of hydrogen-bond donors (Lipinski definition) is 2. The molecule has 0 radical (unpaired) electrons. The normalized spacial score (nSPS) is 38.0. The van der Waals surface area contributed by atoms with Gasteiger partial charge in [-0.1, -0.05) is 24.6 Å². The summed E-state index contributed by atoms with van der Waals surface area (Å²) < 4.78 is 85.6. The summed E-state index contributed by atoms with van der Waals surface area (Å²) in [5.74, 6) is -7.61. The van der Waals surface area contributed by atoms with Gasteiger partial charge in [0.05, 0.1) is 25.1 Å². The van der Waals surface area contributed by atoms with E-state index in [1.54, 1.807) is 18.7 Å². The number of alkyl halides is 5. The Labute approximate surface area is 240 Å². The van der Waals surface area contributed by atoms with Crippen molar-refractivity contribution in [1.29, 1.82) is 0 Å². The standard InChI is InChI=1S/C31H35F5N2O4/c1-26-16-22(19-2-4-20(5-3-19)38-13-12-37-18-38)25-21(23(26)8-11-29(26,40)30(32,33)31(34,35)36)6-9-27(39)17-28(10-7-24(25)27)41-14-15-42-28/h2-5,12-13,18,21-23,39-40H,6-11,14-17H2,1H3/t21-,22+,23-,26-,27+,29+/m0/s1. The molecule has 228 valence electrons. The van der Waals surface area contributed by atoms with Gasteiger partial charge >= 0.3 is 12.1 Å². The topological polar surface area (TPSA) is 76.7 Å². The van der Waals surface area contributed by atoms with E-state index in [0.717, 1.165) is 22.4 Å². The van der Waals surface area contributed by atoms with Crippen LogP contribution in [-0.4, -0.2) is 62.1 Å². The van der Waals surface area contributed by atoms with Gasteiger partial charge in [0, 0.05) is 42.3 Å². The third-order valence-corrected chi connectivity index (χ3v) is 11.4. The van der Waals surface area contributed by atoms with Crippen LogP contribution in [0.4, 0.5) is 22.0 Å². The molecule has 0 amide bonds. The molecule has 7 rings (SSSR count). The van der Waals surface area contributed by atoms with Gasteiger partial charge in [-0.15, -0.1) is 0 Å². The molecule has 0 unspecified atom stereocenters. The van der Waals surface area contributed by atoms with Crippen LogP contribution in [0.2, 0.25) is 0 Å². The van der Waals surface area contributed by atoms with Crippen LogP contribution in [0.5, 0.6) is 0 Å². The number of ether oxygens (including phenoxy) is 2. The van der Waals surface area contributed by atoms with Crippen molar-refractivity contribution in [2.24, 2.45) is 17.3 Å². The van der Waals surface area contributed by atoms with Gasteiger partial charge in [0.25, 0.3) is 0 Å². The molecule has 1 aromatic heterocycles. The molecule has 6 atom stereocenters. The summed E-state index contributed by atoms with van der Waals surface area (Å²) in [5.41, 5.74) is -2.82. The highest BCUT2D eigenvalue weighted by molar-refractivity contribution is 5.46. The minimum Gasteiger partial charge on any atom is -0.385 e. The Morgan fingerprint density at radius 1 is 0.976 bits per heavy atom. The molecular formula is C31H35F5N2O4. The number of aliphatic hydroxyl groups is 2. The highest BCUT2D eigenvalue weighted by atomic mass is 19.4. The largest absolute Gasteiger partial charge is 0.456 e. The van der Waals surface area contributed by atoms with E-state index in [-0.39, 0.29) is 25.2 Å². The van der Waals surface area contributed by atoms with Gasteiger partial charge in [0.15, 0.2) is 5.79 Å². The van der Waals surface area contributed by atoms with Crippen molar-refractivity contribution >= 4 is 0 Å². The van der Waals surface area contributed by atoms with E-state index in [1.165, 1.54) is 6.92 Å². The second-order valence-electron chi connectivity index (χ2n) is 13.2. The Morgan fingerprint density at radius 3 is 2.33 bits per heavy atom. The van der Waals surface area contributed by atoms with Crippen molar-refractivity contribution in [2.75, 3.05) is 13.2 Å². The summed E-state index contributed by atoms with van der Waals surface area (Å²) in [7, 11) is 0. The highest BCUT2D eigenvalue weighted by Crippen LogP contribution is 2.71. The molecule has 6 nitrogen and oxygen atoms in total. The van der Waals surface area contributed by atoms with Crippen LogP contribution >= 0.6 is 0 Å². The number of fused-ring (bicyclic) bond motifs is 4. The fourth-order valence-corrected chi connectivity index (χ4v) is 9.36. The second kappa shape index (κ2) is 9.09. The summed E-state index contributed by atoms with van der Waals surface area (Å²) in [4.78, 5) is 4.07. The zero-order chi connectivity index (χ0) is 29.8. The molecule has 4 fully saturated rings. The first-order chi connectivity index (χ1) is 19.7. The molecule has 3 saturated carbocycles. The van der Waals surface area contributed by atoms with E-state index in [2.05, 4.69) is 4.98 Å². The minimum absolute atomic E-state index is 0.0565. The predicted octanol–water partition coefficient (Wildman–Crippen LogP) is 6.07. The lowest BCUT2D eigenvalue weighted by molar-refractivity contribution is -0.362. The Bertz CT molecular complexity index is 1390. The predicted molar refractivity (Wildman–Crippen MR) is 141 cm³/mol. The van der Waals surface area contributed by atoms with Gasteiger partial charge < -0.3 is 24.3 Å². The van der Waals surface area contributed by atoms with Crippen LogP contribution in [-0.2, 0) is 9.47 Å². The zero-order valence-electron chi connectivity index (χ0n) is 23.3. The summed E-state index contributed by atoms with van der Waals surface area (Å²) in [5, 5.41) is 23.6. The average Bonchev–Trinajstić information content (AvgIpc) is 3.68. The van der Waals surface area contributed by atoms with E-state index in [4.69, 9.17) is 9.47 Å². The number of aromatic nitrogens is 2. The maximum Gasteiger partial charge on any atom is 0.456 e. The Kier molecular flexibility index (Phi) is 6.15. The first-order valence-electron chi connectivity index (χ1n) is 14.7. The molecular weight excluding hydrogens is 559 g/mol. The van der Waals surface area contributed by atoms with Crippen LogP contribution in [0, 0.1) is 17.3 Å². The van der Waals surface area contributed by atoms with Crippen molar-refractivity contribution in [3.8, 4) is 5.69 Å². The van der Waals surface area contributed by atoms with E-state index in [9.17, 15) is 23.4 Å². The maximum atomic E-state index is 15.2. The lowest BCUT2D eigenvalue weighted by Crippen LogP contribution is -2.65. The van der Waals surface area contributed by atoms with Gasteiger partial charge in [-0.05, 0) is 73.6 Å². The Morgan fingerprint density at radius 2 is 1.69 bits per heavy atom. The fraction of sp³-hybridized carbons (Fsp3) is 0.645. The molecule has 2 aromatic rings. The van der Waals surface area contributed by atoms with E-state index < -0.39 is 52.8 Å². The summed E-state index contributed by atoms with van der Waals surface area (Å²) in [6, 6.07) is 7.46. The van der Waals surface area contributed by atoms with Crippen LogP contribution in [0.1, 0.15) is 69.8 Å². The van der Waals surface area contributed by atoms with Crippen molar-refractivity contribution in [3.63, 3.8) is 0 Å². The third kappa shape index (κ3) is 3.78. The molecule has 1 saturated heterocycles. The number of halogens is 5. The number of benzene rings is 1. The van der Waals surface area contributed by atoms with E-state index in [1.807, 2.05) is 28.8 Å². The van der Waals surface area contributed by atoms with Crippen molar-refractivity contribution in [3.05, 3.63) is 59.7 Å². The van der Waals surface area contributed by atoms with Crippen molar-refractivity contribution in [2.45, 2.75) is 93.3 Å². The van der Waals surface area contributed by atoms with E-state index in [0.29, 0.717) is 38.9 Å². The van der Waals surface area contributed by atoms with Gasteiger partial charge in [0.1, 0.15) is 5.60 Å². The lowest BCUT2D eigenvalue weighted by Gasteiger charge is -2.58. The molecule has 2 N–H and O–H groups in total. The monoisotopic (exact) mass is 594 g/mol. The van der Waals surface area contributed by atoms with Crippen molar-refractivity contribution in [1.82, 2.24) is 9.55 Å². The first kappa shape index (κ1) is 28.4. The second-order valence-corrected chi connectivity index (χ2v) is 13.2. The first-order valence-corrected chi connectivity index (χ1v) is 14.7. The molecule has 4 aliphatic carbocycles. The Hall–Kier alpha value is -2.34. The summed E-state index contributed by atoms with van der Waals surface area (Å²) in [6.07, 6.45) is 0.547. The SMILES string of the molecule is C[C@]12C[C@H](c3ccc(-n4ccnc4)cc3)C3=C4CCC5(C[C@]4(O)CC[C@H]3[C@@H]1CC[C@]2(O)C(F)(F)C(F)(F)F)OCCO5. The minimum atomic E-state index is -5.88. The highest BCUT2D eigenvalue weighted by Gasteiger charge is 2.79. The van der Waals surface area contributed by atoms with Gasteiger partial charge in [0.2, 0.25) is 0 Å². The average molecular weight is 595 g/mol. The number of rotatable bonds is 3. The van der Waals surface area contributed by atoms with Gasteiger partial charge in [-0.2, -0.15) is 22.0 Å². The third-order valence-electron chi connectivity index (χ3n) is 11.4. The van der Waals surface area contributed by atoms with Gasteiger partial charge in [-0.25, -0.2) is 4.98 Å². The molecule has 2 heterocycles. The number of nitrogens with zero attached hydrogens (tertiary/aromatic N) is 2. The molecule has 11 heteroatoms. The maximum absolute atomic E-state index is 15.2. The molecule has 0 bridgehead atoms. The fourth-order valence-electron chi connectivity index (χ4n) is 9.36. The molecule has 1 aromatic carbocycles. The van der Waals surface area contributed by atoms with Crippen molar-refractivity contribution < 1.29 is 41.6 Å². The number of imidazole rings is 1.